The summed E-state index contributed by atoms with van der Waals surface area (Å²) in [5.74, 6) is -1.13. The molecule has 1 saturated heterocycles. The second kappa shape index (κ2) is 5.44. The van der Waals surface area contributed by atoms with Crippen LogP contribution in [-0.2, 0) is 11.2 Å². The first-order chi connectivity index (χ1) is 10.7. The van der Waals surface area contributed by atoms with Gasteiger partial charge in [-0.2, -0.15) is 5.10 Å². The first kappa shape index (κ1) is 16.2. The molecule has 0 amide bonds. The van der Waals surface area contributed by atoms with E-state index in [1.165, 1.54) is 12.1 Å². The zero-order valence-electron chi connectivity index (χ0n) is 13.9. The Morgan fingerprint density at radius 1 is 1.26 bits per heavy atom. The third kappa shape index (κ3) is 3.04. The van der Waals surface area contributed by atoms with E-state index in [0.717, 1.165) is 17.8 Å². The Morgan fingerprint density at radius 3 is 2.61 bits per heavy atom. The topological polar surface area (TPSA) is 27.1 Å². The molecule has 6 heteroatoms. The summed E-state index contributed by atoms with van der Waals surface area (Å²) in [7, 11) is 0. The van der Waals surface area contributed by atoms with E-state index in [-0.39, 0.29) is 24.5 Å². The van der Waals surface area contributed by atoms with Crippen LogP contribution in [0.2, 0.25) is 6.32 Å². The van der Waals surface area contributed by atoms with Gasteiger partial charge in [-0.15, -0.1) is 0 Å². The minimum absolute atomic E-state index is 0.00758. The van der Waals surface area contributed by atoms with Gasteiger partial charge >= 0.3 is 6.92 Å². The van der Waals surface area contributed by atoms with Crippen LogP contribution in [0.15, 0.2) is 30.6 Å². The molecule has 1 fully saturated rings. The van der Waals surface area contributed by atoms with E-state index < -0.39 is 11.6 Å². The van der Waals surface area contributed by atoms with Crippen LogP contribution in [0.25, 0.3) is 0 Å². The Kier molecular flexibility index (Phi) is 3.83. The summed E-state index contributed by atoms with van der Waals surface area (Å²) in [6.07, 6.45) is 4.56. The molecular formula is C17H21BF2N2O. The maximum Gasteiger partial charge on any atom is 0.331 e. The molecule has 0 unspecified atom stereocenters. The summed E-state index contributed by atoms with van der Waals surface area (Å²) in [6.45, 7) is 8.87. The van der Waals surface area contributed by atoms with Crippen molar-refractivity contribution in [1.29, 1.82) is 0 Å². The van der Waals surface area contributed by atoms with Crippen molar-refractivity contribution >= 4 is 12.4 Å². The van der Waals surface area contributed by atoms with Crippen LogP contribution in [0, 0.1) is 17.0 Å². The predicted molar refractivity (Wildman–Crippen MR) is 86.8 cm³/mol. The number of benzene rings is 1. The van der Waals surface area contributed by atoms with Crippen molar-refractivity contribution in [1.82, 2.24) is 9.78 Å². The zero-order chi connectivity index (χ0) is 16.8. The van der Waals surface area contributed by atoms with Gasteiger partial charge in [0.15, 0.2) is 0 Å². The van der Waals surface area contributed by atoms with E-state index in [4.69, 9.17) is 4.65 Å². The Morgan fingerprint density at radius 2 is 2.00 bits per heavy atom. The van der Waals surface area contributed by atoms with Crippen LogP contribution in [0.4, 0.5) is 8.78 Å². The molecule has 0 radical (unpaired) electrons. The first-order valence-electron chi connectivity index (χ1n) is 7.82. The Labute approximate surface area is 135 Å². The van der Waals surface area contributed by atoms with Crippen molar-refractivity contribution < 1.29 is 13.4 Å². The molecule has 0 saturated carbocycles. The average Bonchev–Trinajstić information content (AvgIpc) is 2.96. The van der Waals surface area contributed by atoms with E-state index in [1.807, 2.05) is 6.20 Å². The quantitative estimate of drug-likeness (QED) is 0.813. The number of nitrogens with zero attached hydrogens (tertiary/aromatic N) is 2. The van der Waals surface area contributed by atoms with Gasteiger partial charge in [0.1, 0.15) is 11.6 Å². The smallest absolute Gasteiger partial charge is 0.331 e. The Balaban J connectivity index is 1.77. The summed E-state index contributed by atoms with van der Waals surface area (Å²) < 4.78 is 34.5. The third-order valence-electron chi connectivity index (χ3n) is 5.13. The molecule has 1 aliphatic heterocycles. The second-order valence-corrected chi connectivity index (χ2v) is 7.41. The summed E-state index contributed by atoms with van der Waals surface area (Å²) in [6, 6.07) is 3.60. The molecule has 23 heavy (non-hydrogen) atoms. The Hall–Kier alpha value is -1.69. The standard InChI is InChI=1S/C17H21BF2N2O/c1-16(2)11-18(23-17(16,3)4)13-8-21-22(10-13)9-12-5-6-14(19)7-15(12)20/h5-8,10H,9,11H2,1-4H3. The van der Waals surface area contributed by atoms with Crippen molar-refractivity contribution in [3.05, 3.63) is 47.8 Å². The minimum atomic E-state index is -0.573. The molecule has 2 aromatic rings. The van der Waals surface area contributed by atoms with Crippen molar-refractivity contribution in [3.8, 4) is 0 Å². The van der Waals surface area contributed by atoms with Crippen LogP contribution in [-0.4, -0.2) is 22.3 Å². The van der Waals surface area contributed by atoms with Gasteiger partial charge in [-0.1, -0.05) is 19.9 Å². The van der Waals surface area contributed by atoms with Gasteiger partial charge in [0.2, 0.25) is 0 Å². The van der Waals surface area contributed by atoms with Gasteiger partial charge < -0.3 is 4.65 Å². The minimum Gasteiger partial charge on any atom is -0.425 e. The molecule has 122 valence electrons. The lowest BCUT2D eigenvalue weighted by Gasteiger charge is -2.34. The molecule has 1 aromatic carbocycles. The SMILES string of the molecule is CC1(C)CB(c2cnn(Cc3ccc(F)cc3F)c2)OC1(C)C. The highest BCUT2D eigenvalue weighted by Crippen LogP contribution is 2.44. The zero-order valence-corrected chi connectivity index (χ0v) is 13.9. The maximum absolute atomic E-state index is 13.7. The van der Waals surface area contributed by atoms with Crippen LogP contribution >= 0.6 is 0 Å². The van der Waals surface area contributed by atoms with E-state index in [9.17, 15) is 8.78 Å². The van der Waals surface area contributed by atoms with Crippen molar-refractivity contribution in [2.75, 3.05) is 0 Å². The van der Waals surface area contributed by atoms with Gasteiger partial charge in [0.25, 0.3) is 0 Å². The van der Waals surface area contributed by atoms with Gasteiger partial charge in [0, 0.05) is 24.0 Å². The van der Waals surface area contributed by atoms with E-state index >= 15 is 0 Å². The van der Waals surface area contributed by atoms with Crippen LogP contribution in [0.1, 0.15) is 33.3 Å². The summed E-state index contributed by atoms with van der Waals surface area (Å²) in [5, 5.41) is 4.29. The van der Waals surface area contributed by atoms with E-state index in [2.05, 4.69) is 32.8 Å². The highest BCUT2D eigenvalue weighted by Gasteiger charge is 2.50. The number of hydrogen-bond donors (Lipinski definition) is 0. The fourth-order valence-corrected chi connectivity index (χ4v) is 2.91. The third-order valence-corrected chi connectivity index (χ3v) is 5.13. The molecule has 0 N–H and O–H groups in total. The summed E-state index contributed by atoms with van der Waals surface area (Å²) >= 11 is 0. The van der Waals surface area contributed by atoms with Crippen molar-refractivity contribution in [3.63, 3.8) is 0 Å². The molecule has 2 heterocycles. The van der Waals surface area contributed by atoms with Gasteiger partial charge in [-0.05, 0) is 37.1 Å². The van der Waals surface area contributed by atoms with Crippen LogP contribution in [0.5, 0.6) is 0 Å². The number of rotatable bonds is 3. The molecule has 0 bridgehead atoms. The summed E-state index contributed by atoms with van der Waals surface area (Å²) in [5.41, 5.74) is 1.27. The normalized spacial score (nSPS) is 19.3. The summed E-state index contributed by atoms with van der Waals surface area (Å²) in [4.78, 5) is 0. The number of halogens is 2. The van der Waals surface area contributed by atoms with E-state index in [1.54, 1.807) is 10.9 Å². The lowest BCUT2D eigenvalue weighted by Crippen LogP contribution is -2.35. The molecule has 0 aliphatic carbocycles. The fourth-order valence-electron chi connectivity index (χ4n) is 2.91. The van der Waals surface area contributed by atoms with Gasteiger partial charge in [-0.25, -0.2) is 8.78 Å². The largest absolute Gasteiger partial charge is 0.425 e. The molecule has 1 aliphatic rings. The number of hydrogen-bond acceptors (Lipinski definition) is 2. The number of aromatic nitrogens is 2. The van der Waals surface area contributed by atoms with Gasteiger partial charge in [0.05, 0.1) is 12.1 Å². The monoisotopic (exact) mass is 318 g/mol. The molecule has 3 rings (SSSR count). The van der Waals surface area contributed by atoms with Crippen LogP contribution < -0.4 is 5.46 Å². The fraction of sp³-hybridized carbons (Fsp3) is 0.471. The second-order valence-electron chi connectivity index (χ2n) is 7.41. The average molecular weight is 318 g/mol. The Bertz CT molecular complexity index is 711. The van der Waals surface area contributed by atoms with Crippen molar-refractivity contribution in [2.45, 2.75) is 46.2 Å². The van der Waals surface area contributed by atoms with Gasteiger partial charge in [-0.3, -0.25) is 4.68 Å². The van der Waals surface area contributed by atoms with E-state index in [0.29, 0.717) is 5.56 Å². The molecular weight excluding hydrogens is 297 g/mol. The van der Waals surface area contributed by atoms with Crippen molar-refractivity contribution in [2.24, 2.45) is 5.41 Å². The molecule has 1 aromatic heterocycles. The van der Waals surface area contributed by atoms with Crippen LogP contribution in [0.3, 0.4) is 0 Å². The highest BCUT2D eigenvalue weighted by atomic mass is 19.1. The molecule has 0 atom stereocenters. The lowest BCUT2D eigenvalue weighted by molar-refractivity contribution is 0.0375. The highest BCUT2D eigenvalue weighted by molar-refractivity contribution is 6.68. The molecule has 0 spiro atoms. The first-order valence-corrected chi connectivity index (χ1v) is 7.82. The molecule has 3 nitrogen and oxygen atoms in total. The predicted octanol–water partition coefficient (Wildman–Crippen LogP) is 3.24. The maximum atomic E-state index is 13.7. The lowest BCUT2D eigenvalue weighted by atomic mass is 9.55.